The van der Waals surface area contributed by atoms with Gasteiger partial charge in [-0.1, -0.05) is 53.4 Å². The summed E-state index contributed by atoms with van der Waals surface area (Å²) < 4.78 is 102. The molecule has 3 saturated heterocycles. The molecule has 0 saturated carbocycles. The van der Waals surface area contributed by atoms with E-state index in [9.17, 15) is 48.9 Å². The van der Waals surface area contributed by atoms with Crippen LogP contribution in [0.15, 0.2) is 51.2 Å². The van der Waals surface area contributed by atoms with Crippen molar-refractivity contribution in [3.63, 3.8) is 0 Å². The molecule has 12 atom stereocenters. The van der Waals surface area contributed by atoms with Gasteiger partial charge in [-0.3, -0.25) is 13.7 Å². The fourth-order valence-corrected chi connectivity index (χ4v) is 18.8. The molecule has 0 aliphatic carbocycles. The second kappa shape index (κ2) is 69.0. The Balaban J connectivity index is 0.000000941. The van der Waals surface area contributed by atoms with Gasteiger partial charge in [0, 0.05) is 80.7 Å². The number of rotatable bonds is 47. The summed E-state index contributed by atoms with van der Waals surface area (Å²) in [4.78, 5) is 105. The van der Waals surface area contributed by atoms with E-state index in [4.69, 9.17) is 112 Å². The van der Waals surface area contributed by atoms with Gasteiger partial charge in [0.25, 0.3) is 8.53 Å². The Bertz CT molecular complexity index is 4310. The number of aliphatic hydroxyl groups excluding tert-OH is 5. The molecule has 3 aromatic rings. The molecule has 0 aromatic carbocycles. The monoisotopic (exact) mass is 2080 g/mol. The van der Waals surface area contributed by atoms with Gasteiger partial charge in [-0.15, -0.1) is 0 Å². The lowest BCUT2D eigenvalue weighted by Gasteiger charge is -2.45. The van der Waals surface area contributed by atoms with Crippen molar-refractivity contribution in [2.45, 2.75) is 398 Å². The second-order valence-corrected chi connectivity index (χ2v) is 43.4. The average molecular weight is 2080 g/mol. The smallest absolute Gasteiger partial charge is 0.425 e. The number of anilines is 3. The van der Waals surface area contributed by atoms with E-state index in [0.717, 1.165) is 62.5 Å². The number of nitrogen functional groups attached to an aromatic ring is 1. The molecule has 804 valence electrons. The summed E-state index contributed by atoms with van der Waals surface area (Å²) >= 11 is 0. The van der Waals surface area contributed by atoms with Gasteiger partial charge in [-0.05, 0) is 210 Å². The van der Waals surface area contributed by atoms with Gasteiger partial charge >= 0.3 is 58.6 Å². The molecule has 6 rings (SSSR count). The molecule has 3 aliphatic heterocycles. The second-order valence-electron chi connectivity index (χ2n) is 37.8. The van der Waals surface area contributed by atoms with Crippen molar-refractivity contribution < 1.29 is 119 Å². The van der Waals surface area contributed by atoms with E-state index in [2.05, 4.69) is 143 Å². The Morgan fingerprint density at radius 2 is 0.794 bits per heavy atom. The number of nitrogens with two attached hydrogens (primary N) is 1. The molecule has 44 nitrogen and oxygen atoms in total. The van der Waals surface area contributed by atoms with Gasteiger partial charge in [0.15, 0.2) is 20.1 Å². The minimum absolute atomic E-state index is 0.0708. The highest BCUT2D eigenvalue weighted by Crippen LogP contribution is 2.52. The minimum Gasteiger partial charge on any atom is -0.443 e. The zero-order chi connectivity index (χ0) is 107. The Kier molecular flexibility index (Phi) is 64.5. The van der Waals surface area contributed by atoms with Crippen molar-refractivity contribution in [1.82, 2.24) is 42.7 Å². The summed E-state index contributed by atoms with van der Waals surface area (Å²) in [6, 6.07) is 12.8. The maximum atomic E-state index is 13.5. The molecular formula is C93H164N16O28P4. The molecule has 4 amide bonds. The van der Waals surface area contributed by atoms with Crippen LogP contribution in [0.2, 0.25) is 0 Å². The summed E-state index contributed by atoms with van der Waals surface area (Å²) in [5, 5.41) is 71.9. The number of aromatic nitrogens is 6. The first-order valence-corrected chi connectivity index (χ1v) is 52.5. The number of amides is 4. The summed E-state index contributed by atoms with van der Waals surface area (Å²) in [5.41, 5.74) is -0.561. The fraction of sp³-hybridized carbons (Fsp3) is 0.785. The lowest BCUT2D eigenvalue weighted by molar-refractivity contribution is -0.0458. The average Bonchev–Trinajstić information content (AvgIpc) is 1.76. The first-order valence-electron chi connectivity index (χ1n) is 48.0. The largest absolute Gasteiger partial charge is 0.443 e. The van der Waals surface area contributed by atoms with E-state index in [-0.39, 0.29) is 76.1 Å². The number of carbonyl (C=O) groups is 4. The van der Waals surface area contributed by atoms with Gasteiger partial charge in [-0.25, -0.2) is 54.1 Å². The molecule has 0 bridgehead atoms. The molecule has 3 aliphatic rings. The van der Waals surface area contributed by atoms with E-state index in [1.165, 1.54) is 45.9 Å². The quantitative estimate of drug-likeness (QED) is 0.0132. The number of aliphatic hydroxyl groups is 5. The molecule has 7 N–H and O–H groups in total. The van der Waals surface area contributed by atoms with Crippen LogP contribution in [0.3, 0.4) is 0 Å². The van der Waals surface area contributed by atoms with Crippen LogP contribution in [-0.4, -0.2) is 267 Å². The Morgan fingerprint density at radius 1 is 0.468 bits per heavy atom. The number of imide groups is 2. The van der Waals surface area contributed by atoms with E-state index in [1.54, 1.807) is 83.1 Å². The topological polar surface area (TPSA) is 540 Å². The predicted molar refractivity (Wildman–Crippen MR) is 537 cm³/mol. The molecular weight excluding hydrogens is 1910 g/mol. The maximum Gasteiger partial charge on any atom is 0.425 e. The van der Waals surface area contributed by atoms with E-state index in [1.807, 2.05) is 19.9 Å². The molecule has 6 heterocycles. The Morgan fingerprint density at radius 3 is 1.12 bits per heavy atom. The number of hydrogen-bond acceptors (Lipinski definition) is 38. The molecule has 3 unspecified atom stereocenters. The third-order valence-corrected chi connectivity index (χ3v) is 26.2. The van der Waals surface area contributed by atoms with Crippen LogP contribution in [0.25, 0.3) is 4.85 Å². The van der Waals surface area contributed by atoms with Gasteiger partial charge in [0.1, 0.15) is 71.8 Å². The summed E-state index contributed by atoms with van der Waals surface area (Å²) in [7, 11) is -5.62. The fourth-order valence-electron chi connectivity index (χ4n) is 12.6. The van der Waals surface area contributed by atoms with Gasteiger partial charge in [-0.2, -0.15) is 40.5 Å². The zero-order valence-corrected chi connectivity index (χ0v) is 91.8. The molecule has 48 heteroatoms. The maximum absolute atomic E-state index is 13.5. The van der Waals surface area contributed by atoms with Gasteiger partial charge < -0.3 is 110 Å². The van der Waals surface area contributed by atoms with Gasteiger partial charge in [0.2, 0.25) is 6.54 Å². The Hall–Kier alpha value is -7.20. The van der Waals surface area contributed by atoms with Crippen LogP contribution in [-0.2, 0) is 73.9 Å². The van der Waals surface area contributed by atoms with Crippen LogP contribution in [0.5, 0.6) is 0 Å². The molecule has 141 heavy (non-hydrogen) atoms. The summed E-state index contributed by atoms with van der Waals surface area (Å²) in [6.45, 7) is 63.5. The SMILES string of the molecule is CC(C)(C)OC(=O)N(C(=O)OC(C)(C)C)c1ccn([C@H]2C[C@H](O)[C@@H](CO)O2)c(=O)n1.CC(C)N(C(C)C)P(OCCC#N)N(C(C)C)C(C)C.CCCCO.CCCCOP(OCCC#N)N(C(C)C)C(C)C.Nc1ccn([C@H]2C[C@H](O)[C@@H](CO)O2)c(=O)n1.[C-]#[N+]CCOP(OCCCC)OC[C@H]1O[C@@H](n2ccc(N(C(=O)OC(C)(C)C)C(=O)OC(C)(C)C)nc2=O)C[C@@H]1OP(OCCC#N)OCCCC. The van der Waals surface area contributed by atoms with Crippen molar-refractivity contribution in [2.24, 2.45) is 0 Å². The van der Waals surface area contributed by atoms with Crippen molar-refractivity contribution in [3.05, 3.63) is 79.7 Å². The third-order valence-electron chi connectivity index (χ3n) is 18.7. The first-order chi connectivity index (χ1) is 66.1. The summed E-state index contributed by atoms with van der Waals surface area (Å²) in [5.74, 6) is -0.448. The molecule has 3 fully saturated rings. The van der Waals surface area contributed by atoms with Crippen LogP contribution in [0, 0.1) is 40.6 Å². The van der Waals surface area contributed by atoms with E-state index < -0.39 is 160 Å². The highest BCUT2D eigenvalue weighted by Gasteiger charge is 2.44. The molecule has 3 aromatic heterocycles. The van der Waals surface area contributed by atoms with Crippen LogP contribution < -0.4 is 32.6 Å². The predicted octanol–water partition coefficient (Wildman–Crippen LogP) is 16.8. The normalized spacial score (nSPS) is 18.7. The molecule has 0 spiro atoms. The van der Waals surface area contributed by atoms with Gasteiger partial charge in [0.05, 0.1) is 115 Å². The number of nitriles is 3. The van der Waals surface area contributed by atoms with Crippen LogP contribution in [0.1, 0.15) is 302 Å². The van der Waals surface area contributed by atoms with Crippen LogP contribution >= 0.6 is 34.2 Å². The number of nitrogens with zero attached hydrogens (tertiary/aromatic N) is 15. The highest BCUT2D eigenvalue weighted by molar-refractivity contribution is 7.47. The standard InChI is InChI=1S/C33H53N5O12P2.C19H29N3O8.C15H32N3OP.C13H27N2O2P.C9H13N3O4.C4H10O/c1-10-12-19-42-51(45-22-17-35-9)46-24-26-25(50-52(43-20-13-11-2)44-21-14-16-34)23-28(47-26)37-18-15-27(36-29(37)39)38(30(40)48-32(3,4)5)31(41)49-33(6,7)8;1-18(2,3)29-16(26)22(17(27)30-19(4,5)6)13-7-8-21(15(25)20-13)14-9-11(24)12(10-23)28-14;1-12(2)17(13(3)4)20(19-11-9-10-16)18(14(5)6)15(7)8;1-6-7-10-16-18(17-11-8-9-14)15(12(2)3)13(4)5;10-7-1-2-12(9(15)11-7)8-3-5(14)6(4-13)16-8;1-2-3-4-5/h15,18,25-26,28H,10-14,17,19-24H2,1-8H3;7-8,11-12,14,23-24H,9-10H2,1-6H3;12-15H,9,11H2,1-8H3;12-13H,6-8,10-11H2,1-5H3;1-2,5-6,8,13-14H,3-4H2,(H2,10,11,15);5H,2-4H2,1H3/t25-,26+,28+,51?,52?;11-,12+,14+;;;5-,6+,8+;/m00..0./s1. The number of unbranched alkanes of at least 4 members (excludes halogenated alkanes) is 4. The Labute approximate surface area is 839 Å². The van der Waals surface area contributed by atoms with Crippen molar-refractivity contribution in [1.29, 1.82) is 15.8 Å². The van der Waals surface area contributed by atoms with Crippen molar-refractivity contribution in [2.75, 3.05) is 94.8 Å². The highest BCUT2D eigenvalue weighted by atomic mass is 31.2. The molecule has 0 radical (unpaired) electrons. The van der Waals surface area contributed by atoms with Crippen molar-refractivity contribution in [3.8, 4) is 18.2 Å². The lowest BCUT2D eigenvalue weighted by Crippen LogP contribution is -2.45. The van der Waals surface area contributed by atoms with E-state index in [0.29, 0.717) is 91.9 Å². The van der Waals surface area contributed by atoms with E-state index >= 15 is 0 Å². The number of hydrogen-bond donors (Lipinski definition) is 6. The lowest BCUT2D eigenvalue weighted by atomic mass is 10.2. The third kappa shape index (κ3) is 51.6. The number of ether oxygens (including phenoxy) is 7. The first kappa shape index (κ1) is 132. The van der Waals surface area contributed by atoms with Crippen LogP contribution in [0.4, 0.5) is 36.6 Å². The van der Waals surface area contributed by atoms with Crippen molar-refractivity contribution >= 4 is 76.0 Å². The minimum atomic E-state index is -1.91. The number of carbonyl (C=O) groups excluding carboxylic acids is 4. The summed E-state index contributed by atoms with van der Waals surface area (Å²) in [6.07, 6.45) is 1.76. The zero-order valence-electron chi connectivity index (χ0n) is 88.2.